The van der Waals surface area contributed by atoms with Crippen molar-refractivity contribution in [2.24, 2.45) is 5.92 Å². The van der Waals surface area contributed by atoms with Gasteiger partial charge in [-0.2, -0.15) is 0 Å². The molecule has 0 radical (unpaired) electrons. The molecule has 0 bridgehead atoms. The summed E-state index contributed by atoms with van der Waals surface area (Å²) in [5.41, 5.74) is 1.14. The zero-order valence-electron chi connectivity index (χ0n) is 11.1. The molecule has 1 amide bonds. The average molecular weight is 256 g/mol. The Morgan fingerprint density at radius 1 is 1.32 bits per heavy atom. The van der Waals surface area contributed by atoms with Crippen LogP contribution in [0.15, 0.2) is 30.3 Å². The number of carbonyl (C=O) groups is 1. The van der Waals surface area contributed by atoms with Crippen molar-refractivity contribution in [3.8, 4) is 12.3 Å². The molecule has 19 heavy (non-hydrogen) atoms. The summed E-state index contributed by atoms with van der Waals surface area (Å²) in [7, 11) is 0. The van der Waals surface area contributed by atoms with Gasteiger partial charge >= 0.3 is 0 Å². The Morgan fingerprint density at radius 3 is 2.63 bits per heavy atom. The molecular formula is C16H20N2O. The van der Waals surface area contributed by atoms with Crippen LogP contribution in [0.3, 0.4) is 0 Å². The third kappa shape index (κ3) is 4.11. The minimum absolute atomic E-state index is 0.137. The second-order valence-electron chi connectivity index (χ2n) is 4.96. The van der Waals surface area contributed by atoms with E-state index in [1.807, 2.05) is 30.3 Å². The van der Waals surface area contributed by atoms with Crippen LogP contribution in [0.25, 0.3) is 0 Å². The molecule has 3 heteroatoms. The molecule has 0 aliphatic carbocycles. The monoisotopic (exact) mass is 256 g/mol. The van der Waals surface area contributed by atoms with Crippen molar-refractivity contribution in [1.82, 2.24) is 10.2 Å². The smallest absolute Gasteiger partial charge is 0.223 e. The highest BCUT2D eigenvalue weighted by atomic mass is 16.1. The van der Waals surface area contributed by atoms with E-state index in [0.717, 1.165) is 31.5 Å². The second-order valence-corrected chi connectivity index (χ2v) is 4.96. The first-order valence-electron chi connectivity index (χ1n) is 6.77. The lowest BCUT2D eigenvalue weighted by Gasteiger charge is -2.29. The van der Waals surface area contributed by atoms with Crippen molar-refractivity contribution >= 4 is 5.91 Å². The number of likely N-dealkylation sites (tertiary alicyclic amines) is 1. The maximum atomic E-state index is 12.1. The summed E-state index contributed by atoms with van der Waals surface area (Å²) in [4.78, 5) is 14.3. The van der Waals surface area contributed by atoms with Crippen molar-refractivity contribution < 1.29 is 4.79 Å². The van der Waals surface area contributed by atoms with Gasteiger partial charge in [-0.25, -0.2) is 0 Å². The van der Waals surface area contributed by atoms with Crippen LogP contribution in [-0.2, 0) is 11.3 Å². The third-order valence-corrected chi connectivity index (χ3v) is 3.58. The molecule has 3 nitrogen and oxygen atoms in total. The highest BCUT2D eigenvalue weighted by Gasteiger charge is 2.24. The van der Waals surface area contributed by atoms with Crippen LogP contribution in [0.5, 0.6) is 0 Å². The van der Waals surface area contributed by atoms with Gasteiger partial charge in [0.25, 0.3) is 0 Å². The fourth-order valence-electron chi connectivity index (χ4n) is 2.41. The zero-order chi connectivity index (χ0) is 13.5. The zero-order valence-corrected chi connectivity index (χ0v) is 11.1. The second kappa shape index (κ2) is 6.96. The number of amides is 1. The van der Waals surface area contributed by atoms with Gasteiger partial charge in [-0.1, -0.05) is 36.3 Å². The average Bonchev–Trinajstić information content (AvgIpc) is 2.47. The molecule has 1 saturated heterocycles. The molecule has 100 valence electrons. The minimum Gasteiger partial charge on any atom is -0.352 e. The predicted molar refractivity (Wildman–Crippen MR) is 76.3 cm³/mol. The molecule has 0 atom stereocenters. The van der Waals surface area contributed by atoms with Crippen molar-refractivity contribution in [3.05, 3.63) is 35.9 Å². The third-order valence-electron chi connectivity index (χ3n) is 3.58. The van der Waals surface area contributed by atoms with Crippen molar-refractivity contribution in [1.29, 1.82) is 0 Å². The Bertz CT molecular complexity index is 442. The molecular weight excluding hydrogens is 236 g/mol. The molecule has 1 aliphatic rings. The van der Waals surface area contributed by atoms with E-state index in [-0.39, 0.29) is 11.8 Å². The number of terminal acetylenes is 1. The lowest BCUT2D eigenvalue weighted by molar-refractivity contribution is -0.126. The quantitative estimate of drug-likeness (QED) is 0.831. The number of hydrogen-bond acceptors (Lipinski definition) is 2. The Labute approximate surface area is 115 Å². The van der Waals surface area contributed by atoms with Gasteiger partial charge in [-0.15, -0.1) is 6.42 Å². The van der Waals surface area contributed by atoms with Crippen LogP contribution >= 0.6 is 0 Å². The highest BCUT2D eigenvalue weighted by molar-refractivity contribution is 5.78. The Balaban J connectivity index is 1.74. The molecule has 1 heterocycles. The Morgan fingerprint density at radius 2 is 2.00 bits per heavy atom. The maximum Gasteiger partial charge on any atom is 0.223 e. The molecule has 1 fully saturated rings. The van der Waals surface area contributed by atoms with Gasteiger partial charge in [0.2, 0.25) is 5.91 Å². The first kappa shape index (κ1) is 13.6. The molecule has 0 aromatic heterocycles. The summed E-state index contributed by atoms with van der Waals surface area (Å²) < 4.78 is 0. The number of nitrogens with zero attached hydrogens (tertiary/aromatic N) is 1. The van der Waals surface area contributed by atoms with E-state index in [0.29, 0.717) is 13.1 Å². The van der Waals surface area contributed by atoms with Gasteiger partial charge in [0.05, 0.1) is 6.54 Å². The summed E-state index contributed by atoms with van der Waals surface area (Å²) in [6.07, 6.45) is 7.11. The van der Waals surface area contributed by atoms with E-state index in [4.69, 9.17) is 6.42 Å². The van der Waals surface area contributed by atoms with E-state index in [1.165, 1.54) is 0 Å². The molecule has 1 N–H and O–H groups in total. The molecule has 0 unspecified atom stereocenters. The molecule has 0 saturated carbocycles. The van der Waals surface area contributed by atoms with E-state index in [9.17, 15) is 4.79 Å². The molecule has 1 aliphatic heterocycles. The Kier molecular flexibility index (Phi) is 5.00. The first-order chi connectivity index (χ1) is 9.29. The summed E-state index contributed by atoms with van der Waals surface area (Å²) in [5, 5.41) is 3.02. The van der Waals surface area contributed by atoms with Gasteiger partial charge in [0.1, 0.15) is 0 Å². The predicted octanol–water partition coefficient (Wildman–Crippen LogP) is 1.65. The molecule has 1 aromatic rings. The van der Waals surface area contributed by atoms with Crippen LogP contribution in [0, 0.1) is 18.3 Å². The van der Waals surface area contributed by atoms with Crippen LogP contribution < -0.4 is 5.32 Å². The van der Waals surface area contributed by atoms with Crippen LogP contribution in [0.1, 0.15) is 18.4 Å². The van der Waals surface area contributed by atoms with Crippen molar-refractivity contribution in [3.63, 3.8) is 0 Å². The van der Waals surface area contributed by atoms with Gasteiger partial charge in [0, 0.05) is 12.5 Å². The number of nitrogens with one attached hydrogen (secondary N) is 1. The molecule has 0 spiro atoms. The minimum atomic E-state index is 0.137. The highest BCUT2D eigenvalue weighted by Crippen LogP contribution is 2.17. The fourth-order valence-corrected chi connectivity index (χ4v) is 2.41. The first-order valence-corrected chi connectivity index (χ1v) is 6.77. The number of rotatable bonds is 4. The van der Waals surface area contributed by atoms with Gasteiger partial charge in [-0.3, -0.25) is 9.69 Å². The van der Waals surface area contributed by atoms with Crippen LogP contribution in [0.4, 0.5) is 0 Å². The summed E-state index contributed by atoms with van der Waals surface area (Å²) >= 11 is 0. The van der Waals surface area contributed by atoms with Gasteiger partial charge < -0.3 is 5.32 Å². The van der Waals surface area contributed by atoms with Gasteiger partial charge in [-0.05, 0) is 31.5 Å². The van der Waals surface area contributed by atoms with Crippen LogP contribution in [0.2, 0.25) is 0 Å². The van der Waals surface area contributed by atoms with Crippen molar-refractivity contribution in [2.75, 3.05) is 19.6 Å². The topological polar surface area (TPSA) is 32.3 Å². The lowest BCUT2D eigenvalue weighted by Crippen LogP contribution is -2.40. The Hall–Kier alpha value is -1.79. The van der Waals surface area contributed by atoms with E-state index in [1.54, 1.807) is 0 Å². The lowest BCUT2D eigenvalue weighted by atomic mass is 9.96. The summed E-state index contributed by atoms with van der Waals surface area (Å²) in [6.45, 7) is 3.16. The van der Waals surface area contributed by atoms with E-state index in [2.05, 4.69) is 16.1 Å². The number of benzene rings is 1. The molecule has 2 rings (SSSR count). The van der Waals surface area contributed by atoms with Crippen molar-refractivity contribution in [2.45, 2.75) is 19.4 Å². The van der Waals surface area contributed by atoms with Crippen LogP contribution in [-0.4, -0.2) is 30.4 Å². The number of carbonyl (C=O) groups excluding carboxylic acids is 1. The largest absolute Gasteiger partial charge is 0.352 e. The van der Waals surface area contributed by atoms with E-state index >= 15 is 0 Å². The van der Waals surface area contributed by atoms with E-state index < -0.39 is 0 Å². The normalized spacial score (nSPS) is 16.8. The standard InChI is InChI=1S/C16H20N2O/c1-2-10-18-11-8-15(9-12-18)16(19)17-13-14-6-4-3-5-7-14/h1,3-7,15H,8-13H2,(H,17,19). The number of hydrogen-bond donors (Lipinski definition) is 1. The summed E-state index contributed by atoms with van der Waals surface area (Å²) in [5.74, 6) is 2.96. The number of piperidine rings is 1. The van der Waals surface area contributed by atoms with Gasteiger partial charge in [0.15, 0.2) is 0 Å². The SMILES string of the molecule is C#CCN1CCC(C(=O)NCc2ccccc2)CC1. The molecule has 1 aromatic carbocycles. The maximum absolute atomic E-state index is 12.1. The summed E-state index contributed by atoms with van der Waals surface area (Å²) in [6, 6.07) is 10.00. The fraction of sp³-hybridized carbons (Fsp3) is 0.438.